The Kier molecular flexibility index (Phi) is 5.00. The number of rotatable bonds is 3. The summed E-state index contributed by atoms with van der Waals surface area (Å²) in [5.74, 6) is 0.782. The summed E-state index contributed by atoms with van der Waals surface area (Å²) >= 11 is 16.3. The molecule has 0 fully saturated rings. The van der Waals surface area contributed by atoms with Crippen molar-refractivity contribution in [3.8, 4) is 5.75 Å². The highest BCUT2D eigenvalue weighted by Gasteiger charge is 2.19. The fourth-order valence-electron chi connectivity index (χ4n) is 2.10. The molecule has 106 valence electrons. The molecule has 20 heavy (non-hydrogen) atoms. The van der Waals surface area contributed by atoms with E-state index in [1.54, 1.807) is 7.11 Å². The van der Waals surface area contributed by atoms with Gasteiger partial charge in [-0.1, -0.05) is 33.6 Å². The van der Waals surface area contributed by atoms with Crippen molar-refractivity contribution < 1.29 is 4.74 Å². The smallest absolute Gasteiger partial charge is 0.124 e. The van der Waals surface area contributed by atoms with Gasteiger partial charge in [0.05, 0.1) is 12.5 Å². The fourth-order valence-corrected chi connectivity index (χ4v) is 3.04. The summed E-state index contributed by atoms with van der Waals surface area (Å²) in [5.41, 5.74) is 4.13. The Labute approximate surface area is 138 Å². The molecule has 0 radical (unpaired) electrons. The monoisotopic (exact) mass is 372 g/mol. The third-order valence-corrected chi connectivity index (χ3v) is 4.86. The van der Waals surface area contributed by atoms with E-state index < -0.39 is 0 Å². The van der Waals surface area contributed by atoms with Crippen molar-refractivity contribution in [3.63, 3.8) is 0 Å². The Morgan fingerprint density at radius 1 is 1.05 bits per heavy atom. The highest BCUT2D eigenvalue weighted by atomic mass is 79.9. The molecule has 4 heteroatoms. The molecular weight excluding hydrogens is 359 g/mol. The zero-order valence-corrected chi connectivity index (χ0v) is 14.6. The van der Waals surface area contributed by atoms with Gasteiger partial charge in [-0.15, -0.1) is 11.6 Å². The first-order valence-electron chi connectivity index (χ1n) is 6.18. The number of hydrogen-bond donors (Lipinski definition) is 0. The van der Waals surface area contributed by atoms with Crippen molar-refractivity contribution in [2.24, 2.45) is 0 Å². The maximum Gasteiger partial charge on any atom is 0.124 e. The molecule has 0 bridgehead atoms. The molecule has 0 saturated carbocycles. The van der Waals surface area contributed by atoms with Gasteiger partial charge in [-0.05, 0) is 54.8 Å². The Balaban J connectivity index is 2.55. The van der Waals surface area contributed by atoms with E-state index in [0.717, 1.165) is 32.5 Å². The minimum Gasteiger partial charge on any atom is -0.496 e. The third kappa shape index (κ3) is 3.13. The molecule has 1 unspecified atom stereocenters. The summed E-state index contributed by atoms with van der Waals surface area (Å²) in [5, 5.41) is 0.377. The number of benzene rings is 2. The number of aryl methyl sites for hydroxylation is 2. The van der Waals surface area contributed by atoms with Crippen molar-refractivity contribution in [2.45, 2.75) is 19.2 Å². The normalized spacial score (nSPS) is 12.3. The maximum atomic E-state index is 6.66. The lowest BCUT2D eigenvalue weighted by molar-refractivity contribution is 0.409. The number of halogens is 3. The SMILES string of the molecule is COc1cc(C)c(Br)cc1C(Cl)c1cc(Cl)ccc1C. The Bertz CT molecular complexity index is 641. The van der Waals surface area contributed by atoms with E-state index in [0.29, 0.717) is 5.02 Å². The van der Waals surface area contributed by atoms with Gasteiger partial charge in [-0.3, -0.25) is 0 Å². The Morgan fingerprint density at radius 3 is 2.40 bits per heavy atom. The molecule has 2 aromatic carbocycles. The van der Waals surface area contributed by atoms with Crippen molar-refractivity contribution in [3.05, 3.63) is 62.1 Å². The van der Waals surface area contributed by atoms with Crippen LogP contribution in [0.1, 0.15) is 27.6 Å². The molecule has 0 aliphatic carbocycles. The summed E-state index contributed by atoms with van der Waals surface area (Å²) in [4.78, 5) is 0. The van der Waals surface area contributed by atoms with Crippen LogP contribution in [0.4, 0.5) is 0 Å². The van der Waals surface area contributed by atoms with Crippen LogP contribution in [0.2, 0.25) is 5.02 Å². The summed E-state index contributed by atoms with van der Waals surface area (Å²) < 4.78 is 6.47. The predicted octanol–water partition coefficient (Wildman–Crippen LogP) is 6.06. The molecular formula is C16H15BrCl2O. The molecule has 0 heterocycles. The zero-order valence-electron chi connectivity index (χ0n) is 11.5. The summed E-state index contributed by atoms with van der Waals surface area (Å²) in [6.07, 6.45) is 0. The molecule has 0 amide bonds. The van der Waals surface area contributed by atoms with E-state index in [1.807, 2.05) is 44.2 Å². The molecule has 0 spiro atoms. The minimum absolute atomic E-state index is 0.305. The average molecular weight is 374 g/mol. The lowest BCUT2D eigenvalue weighted by Crippen LogP contribution is -2.00. The highest BCUT2D eigenvalue weighted by Crippen LogP contribution is 2.39. The predicted molar refractivity (Wildman–Crippen MR) is 89.3 cm³/mol. The van der Waals surface area contributed by atoms with E-state index >= 15 is 0 Å². The zero-order chi connectivity index (χ0) is 14.9. The maximum absolute atomic E-state index is 6.66. The van der Waals surface area contributed by atoms with Crippen LogP contribution >= 0.6 is 39.1 Å². The fraction of sp³-hybridized carbons (Fsp3) is 0.250. The van der Waals surface area contributed by atoms with E-state index in [2.05, 4.69) is 15.9 Å². The lowest BCUT2D eigenvalue weighted by Gasteiger charge is -2.18. The molecule has 0 aromatic heterocycles. The number of alkyl halides is 1. The first-order chi connectivity index (χ1) is 9.43. The minimum atomic E-state index is -0.305. The van der Waals surface area contributed by atoms with Crippen molar-refractivity contribution >= 4 is 39.1 Å². The number of methoxy groups -OCH3 is 1. The van der Waals surface area contributed by atoms with Gasteiger partial charge in [0.15, 0.2) is 0 Å². The van der Waals surface area contributed by atoms with Crippen molar-refractivity contribution in [1.82, 2.24) is 0 Å². The highest BCUT2D eigenvalue weighted by molar-refractivity contribution is 9.10. The molecule has 0 aliphatic rings. The topological polar surface area (TPSA) is 9.23 Å². The van der Waals surface area contributed by atoms with Gasteiger partial charge in [0.1, 0.15) is 5.75 Å². The number of hydrogen-bond acceptors (Lipinski definition) is 1. The van der Waals surface area contributed by atoms with Crippen LogP contribution in [-0.2, 0) is 0 Å². The summed E-state index contributed by atoms with van der Waals surface area (Å²) in [6.45, 7) is 4.04. The molecule has 0 aliphatic heterocycles. The first-order valence-corrected chi connectivity index (χ1v) is 7.79. The second kappa shape index (κ2) is 6.38. The second-order valence-corrected chi connectivity index (χ2v) is 6.43. The van der Waals surface area contributed by atoms with Crippen molar-refractivity contribution in [2.75, 3.05) is 7.11 Å². The first kappa shape index (κ1) is 15.7. The summed E-state index contributed by atoms with van der Waals surface area (Å²) in [6, 6.07) is 9.73. The lowest BCUT2D eigenvalue weighted by atomic mass is 9.98. The molecule has 1 atom stereocenters. The Hall–Kier alpha value is -0.700. The van der Waals surface area contributed by atoms with Crippen LogP contribution in [0, 0.1) is 13.8 Å². The summed E-state index contributed by atoms with van der Waals surface area (Å²) in [7, 11) is 1.65. The average Bonchev–Trinajstić information content (AvgIpc) is 2.43. The van der Waals surface area contributed by atoms with Gasteiger partial charge in [0.25, 0.3) is 0 Å². The molecule has 2 aromatic rings. The molecule has 2 rings (SSSR count). The standard InChI is InChI=1S/C16H15BrCl2O/c1-9-4-5-11(18)7-12(9)16(19)13-8-14(17)10(2)6-15(13)20-3/h4-8,16H,1-3H3. The largest absolute Gasteiger partial charge is 0.496 e. The van der Waals surface area contributed by atoms with Gasteiger partial charge < -0.3 is 4.74 Å². The van der Waals surface area contributed by atoms with Crippen LogP contribution in [-0.4, -0.2) is 7.11 Å². The van der Waals surface area contributed by atoms with Crippen LogP contribution < -0.4 is 4.74 Å². The molecule has 0 N–H and O–H groups in total. The van der Waals surface area contributed by atoms with Gasteiger partial charge in [0, 0.05) is 15.1 Å². The van der Waals surface area contributed by atoms with E-state index in [9.17, 15) is 0 Å². The van der Waals surface area contributed by atoms with Crippen LogP contribution in [0.25, 0.3) is 0 Å². The number of ether oxygens (including phenoxy) is 1. The third-order valence-electron chi connectivity index (χ3n) is 3.30. The van der Waals surface area contributed by atoms with Crippen LogP contribution in [0.3, 0.4) is 0 Å². The van der Waals surface area contributed by atoms with E-state index in [4.69, 9.17) is 27.9 Å². The van der Waals surface area contributed by atoms with Gasteiger partial charge in [-0.2, -0.15) is 0 Å². The van der Waals surface area contributed by atoms with Gasteiger partial charge in [0.2, 0.25) is 0 Å². The van der Waals surface area contributed by atoms with Crippen LogP contribution in [0.15, 0.2) is 34.8 Å². The van der Waals surface area contributed by atoms with Gasteiger partial charge >= 0.3 is 0 Å². The molecule has 0 saturated heterocycles. The van der Waals surface area contributed by atoms with E-state index in [1.165, 1.54) is 0 Å². The Morgan fingerprint density at radius 2 is 1.75 bits per heavy atom. The molecule has 1 nitrogen and oxygen atoms in total. The van der Waals surface area contributed by atoms with E-state index in [-0.39, 0.29) is 5.38 Å². The second-order valence-electron chi connectivity index (χ2n) is 4.71. The van der Waals surface area contributed by atoms with Crippen LogP contribution in [0.5, 0.6) is 5.75 Å². The van der Waals surface area contributed by atoms with Gasteiger partial charge in [-0.25, -0.2) is 0 Å². The van der Waals surface area contributed by atoms with Crippen molar-refractivity contribution in [1.29, 1.82) is 0 Å². The quantitative estimate of drug-likeness (QED) is 0.594.